The molecule has 3 rings (SSSR count). The number of hydrogen-bond acceptors (Lipinski definition) is 6. The first-order valence-electron chi connectivity index (χ1n) is 8.76. The van der Waals surface area contributed by atoms with Gasteiger partial charge in [-0.2, -0.15) is 4.31 Å². The second-order valence-corrected chi connectivity index (χ2v) is 8.22. The zero-order valence-corrected chi connectivity index (χ0v) is 15.9. The summed E-state index contributed by atoms with van der Waals surface area (Å²) in [6.45, 7) is 1.63. The summed E-state index contributed by atoms with van der Waals surface area (Å²) < 4.78 is 33.4. The van der Waals surface area contributed by atoms with E-state index in [2.05, 4.69) is 15.6 Å². The van der Waals surface area contributed by atoms with Crippen LogP contribution in [-0.4, -0.2) is 67.0 Å². The van der Waals surface area contributed by atoms with Gasteiger partial charge >= 0.3 is 0 Å². The molecule has 1 aromatic carbocycles. The number of ether oxygens (including phenoxy) is 1. The average Bonchev–Trinajstić information content (AvgIpc) is 3.19. The fraction of sp³-hybridized carbons (Fsp3) is 0.471. The van der Waals surface area contributed by atoms with Gasteiger partial charge in [-0.25, -0.2) is 13.1 Å². The lowest BCUT2D eigenvalue weighted by Gasteiger charge is -2.31. The van der Waals surface area contributed by atoms with E-state index in [9.17, 15) is 13.2 Å². The fourth-order valence-corrected chi connectivity index (χ4v) is 4.50. The van der Waals surface area contributed by atoms with E-state index >= 15 is 0 Å². The van der Waals surface area contributed by atoms with Crippen molar-refractivity contribution >= 4 is 15.9 Å². The number of methoxy groups -OCH3 is 1. The molecule has 0 unspecified atom stereocenters. The largest absolute Gasteiger partial charge is 0.383 e. The molecule has 0 spiro atoms. The quantitative estimate of drug-likeness (QED) is 0.694. The van der Waals surface area contributed by atoms with Crippen LogP contribution in [0.2, 0.25) is 0 Å². The van der Waals surface area contributed by atoms with Crippen molar-refractivity contribution in [3.05, 3.63) is 42.2 Å². The molecule has 1 aliphatic rings. The first kappa shape index (κ1) is 19.5. The molecule has 1 N–H and O–H groups in total. The molecule has 0 radical (unpaired) electrons. The summed E-state index contributed by atoms with van der Waals surface area (Å²) in [5, 5.41) is 10.6. The number of sulfonamides is 1. The summed E-state index contributed by atoms with van der Waals surface area (Å²) in [5.41, 5.74) is 0.241. The van der Waals surface area contributed by atoms with Crippen molar-refractivity contribution in [3.8, 4) is 0 Å². The Kier molecular flexibility index (Phi) is 6.19. The number of piperidine rings is 1. The van der Waals surface area contributed by atoms with Gasteiger partial charge in [-0.15, -0.1) is 5.10 Å². The lowest BCUT2D eigenvalue weighted by Crippen LogP contribution is -2.39. The number of benzene rings is 1. The van der Waals surface area contributed by atoms with Gasteiger partial charge in [-0.05, 0) is 25.0 Å². The molecule has 0 saturated carbocycles. The van der Waals surface area contributed by atoms with Crippen LogP contribution in [0.15, 0.2) is 41.4 Å². The minimum Gasteiger partial charge on any atom is -0.383 e. The van der Waals surface area contributed by atoms with E-state index in [1.54, 1.807) is 48.3 Å². The van der Waals surface area contributed by atoms with Crippen molar-refractivity contribution in [2.45, 2.75) is 23.8 Å². The second kappa shape index (κ2) is 8.59. The van der Waals surface area contributed by atoms with Crippen LogP contribution < -0.4 is 5.32 Å². The lowest BCUT2D eigenvalue weighted by molar-refractivity contribution is 0.0932. The van der Waals surface area contributed by atoms with E-state index in [0.29, 0.717) is 44.0 Å². The first-order valence-corrected chi connectivity index (χ1v) is 10.2. The Bertz CT molecular complexity index is 860. The van der Waals surface area contributed by atoms with E-state index in [1.807, 2.05) is 0 Å². The SMILES string of the molecule is COCCNC(=O)c1cn(C2CCN(S(=O)(=O)c3ccccc3)CC2)nn1. The monoisotopic (exact) mass is 393 g/mol. The highest BCUT2D eigenvalue weighted by Gasteiger charge is 2.30. The molecule has 146 valence electrons. The maximum Gasteiger partial charge on any atom is 0.273 e. The Balaban J connectivity index is 1.59. The highest BCUT2D eigenvalue weighted by molar-refractivity contribution is 7.89. The first-order chi connectivity index (χ1) is 13.0. The molecule has 1 fully saturated rings. The van der Waals surface area contributed by atoms with Gasteiger partial charge in [0, 0.05) is 26.7 Å². The van der Waals surface area contributed by atoms with Crippen LogP contribution >= 0.6 is 0 Å². The van der Waals surface area contributed by atoms with Crippen LogP contribution in [0.3, 0.4) is 0 Å². The van der Waals surface area contributed by atoms with Gasteiger partial charge in [-0.1, -0.05) is 23.4 Å². The Labute approximate surface area is 158 Å². The molecule has 0 bridgehead atoms. The highest BCUT2D eigenvalue weighted by atomic mass is 32.2. The van der Waals surface area contributed by atoms with E-state index in [-0.39, 0.29) is 17.6 Å². The predicted molar refractivity (Wildman–Crippen MR) is 97.7 cm³/mol. The number of rotatable bonds is 7. The van der Waals surface area contributed by atoms with Gasteiger partial charge in [0.25, 0.3) is 5.91 Å². The molecular weight excluding hydrogens is 370 g/mol. The van der Waals surface area contributed by atoms with Crippen molar-refractivity contribution in [2.24, 2.45) is 0 Å². The number of carbonyl (C=O) groups excluding carboxylic acids is 1. The molecule has 27 heavy (non-hydrogen) atoms. The Morgan fingerprint density at radius 3 is 2.63 bits per heavy atom. The number of hydrogen-bond donors (Lipinski definition) is 1. The maximum absolute atomic E-state index is 12.7. The fourth-order valence-electron chi connectivity index (χ4n) is 3.01. The summed E-state index contributed by atoms with van der Waals surface area (Å²) in [7, 11) is -1.91. The molecule has 1 amide bonds. The van der Waals surface area contributed by atoms with E-state index in [1.165, 1.54) is 4.31 Å². The molecule has 1 aromatic heterocycles. The van der Waals surface area contributed by atoms with Crippen LogP contribution in [0, 0.1) is 0 Å². The van der Waals surface area contributed by atoms with Gasteiger partial charge in [0.2, 0.25) is 10.0 Å². The van der Waals surface area contributed by atoms with Crippen molar-refractivity contribution in [2.75, 3.05) is 33.4 Å². The summed E-state index contributed by atoms with van der Waals surface area (Å²) >= 11 is 0. The third-order valence-corrected chi connectivity index (χ3v) is 6.43. The average molecular weight is 393 g/mol. The number of nitrogens with zero attached hydrogens (tertiary/aromatic N) is 4. The minimum absolute atomic E-state index is 0.0141. The van der Waals surface area contributed by atoms with Crippen LogP contribution in [0.25, 0.3) is 0 Å². The molecule has 1 saturated heterocycles. The Hall–Kier alpha value is -2.30. The molecule has 10 heteroatoms. The van der Waals surface area contributed by atoms with Gasteiger partial charge in [0.05, 0.1) is 23.7 Å². The molecule has 2 heterocycles. The van der Waals surface area contributed by atoms with Crippen molar-refractivity contribution in [1.29, 1.82) is 0 Å². The molecular formula is C17H23N5O4S. The molecule has 9 nitrogen and oxygen atoms in total. The molecule has 0 aliphatic carbocycles. The normalized spacial score (nSPS) is 16.3. The van der Waals surface area contributed by atoms with Crippen LogP contribution in [0.1, 0.15) is 29.4 Å². The highest BCUT2D eigenvalue weighted by Crippen LogP contribution is 2.26. The van der Waals surface area contributed by atoms with Gasteiger partial charge in [-0.3, -0.25) is 4.79 Å². The predicted octanol–water partition coefficient (Wildman–Crippen LogP) is 0.680. The summed E-state index contributed by atoms with van der Waals surface area (Å²) in [6.07, 6.45) is 2.83. The maximum atomic E-state index is 12.7. The molecule has 2 aromatic rings. The third-order valence-electron chi connectivity index (χ3n) is 4.51. The number of aromatic nitrogens is 3. The van der Waals surface area contributed by atoms with Crippen molar-refractivity contribution in [3.63, 3.8) is 0 Å². The Morgan fingerprint density at radius 2 is 1.96 bits per heavy atom. The topological polar surface area (TPSA) is 106 Å². The zero-order chi connectivity index (χ0) is 19.3. The van der Waals surface area contributed by atoms with Gasteiger partial charge < -0.3 is 10.1 Å². The zero-order valence-electron chi connectivity index (χ0n) is 15.1. The summed E-state index contributed by atoms with van der Waals surface area (Å²) in [5.74, 6) is -0.303. The van der Waals surface area contributed by atoms with Gasteiger partial charge in [0.15, 0.2) is 5.69 Å². The van der Waals surface area contributed by atoms with Crippen LogP contribution in [-0.2, 0) is 14.8 Å². The van der Waals surface area contributed by atoms with E-state index in [0.717, 1.165) is 0 Å². The van der Waals surface area contributed by atoms with Crippen LogP contribution in [0.4, 0.5) is 0 Å². The van der Waals surface area contributed by atoms with Crippen molar-refractivity contribution < 1.29 is 17.9 Å². The number of carbonyl (C=O) groups is 1. The number of amides is 1. The molecule has 1 aliphatic heterocycles. The minimum atomic E-state index is -3.48. The van der Waals surface area contributed by atoms with E-state index in [4.69, 9.17) is 4.74 Å². The van der Waals surface area contributed by atoms with Crippen molar-refractivity contribution in [1.82, 2.24) is 24.6 Å². The number of nitrogens with one attached hydrogen (secondary N) is 1. The smallest absolute Gasteiger partial charge is 0.273 e. The summed E-state index contributed by atoms with van der Waals surface area (Å²) in [4.78, 5) is 12.3. The van der Waals surface area contributed by atoms with E-state index < -0.39 is 10.0 Å². The molecule has 0 atom stereocenters. The third kappa shape index (κ3) is 4.52. The standard InChI is InChI=1S/C17H23N5O4S/c1-26-12-9-18-17(23)16-13-22(20-19-16)14-7-10-21(11-8-14)27(24,25)15-5-3-2-4-6-15/h2-6,13-14H,7-12H2,1H3,(H,18,23). The lowest BCUT2D eigenvalue weighted by atomic mass is 10.1. The van der Waals surface area contributed by atoms with Crippen LogP contribution in [0.5, 0.6) is 0 Å². The second-order valence-electron chi connectivity index (χ2n) is 6.28. The van der Waals surface area contributed by atoms with Gasteiger partial charge in [0.1, 0.15) is 0 Å². The Morgan fingerprint density at radius 1 is 1.26 bits per heavy atom. The summed E-state index contributed by atoms with van der Waals surface area (Å²) in [6, 6.07) is 8.45.